The SMILES string of the molecule is CC(C)C(=O)N1C[C@H](C(=O)NCc2ccccc2)[C@@H](c2cccc(C(F)(F)F)c2)C1. The third-order valence-electron chi connectivity index (χ3n) is 5.41. The molecule has 1 fully saturated rings. The van der Waals surface area contributed by atoms with Crippen molar-refractivity contribution in [1.82, 2.24) is 10.2 Å². The number of amides is 2. The van der Waals surface area contributed by atoms with Crippen molar-refractivity contribution in [2.75, 3.05) is 13.1 Å². The van der Waals surface area contributed by atoms with Crippen LogP contribution in [0.1, 0.15) is 36.5 Å². The van der Waals surface area contributed by atoms with Crippen LogP contribution in [0.2, 0.25) is 0 Å². The van der Waals surface area contributed by atoms with E-state index in [1.807, 2.05) is 30.3 Å². The molecule has 7 heteroatoms. The fourth-order valence-electron chi connectivity index (χ4n) is 3.81. The first-order chi connectivity index (χ1) is 14.2. The highest BCUT2D eigenvalue weighted by Gasteiger charge is 2.41. The molecular weight excluding hydrogens is 393 g/mol. The van der Waals surface area contributed by atoms with E-state index in [-0.39, 0.29) is 30.8 Å². The van der Waals surface area contributed by atoms with Crippen molar-refractivity contribution in [2.45, 2.75) is 32.5 Å². The van der Waals surface area contributed by atoms with Crippen LogP contribution in [0.3, 0.4) is 0 Å². The van der Waals surface area contributed by atoms with Gasteiger partial charge in [-0.1, -0.05) is 62.4 Å². The minimum absolute atomic E-state index is 0.106. The zero-order chi connectivity index (χ0) is 21.9. The van der Waals surface area contributed by atoms with Gasteiger partial charge in [-0.15, -0.1) is 0 Å². The number of likely N-dealkylation sites (tertiary alicyclic amines) is 1. The van der Waals surface area contributed by atoms with E-state index < -0.39 is 23.6 Å². The Morgan fingerprint density at radius 2 is 1.77 bits per heavy atom. The molecule has 30 heavy (non-hydrogen) atoms. The van der Waals surface area contributed by atoms with Crippen molar-refractivity contribution >= 4 is 11.8 Å². The molecule has 0 saturated carbocycles. The number of hydrogen-bond donors (Lipinski definition) is 1. The van der Waals surface area contributed by atoms with Gasteiger partial charge < -0.3 is 10.2 Å². The summed E-state index contributed by atoms with van der Waals surface area (Å²) in [6, 6.07) is 14.4. The fourth-order valence-corrected chi connectivity index (χ4v) is 3.81. The fraction of sp³-hybridized carbons (Fsp3) is 0.391. The van der Waals surface area contributed by atoms with Gasteiger partial charge in [0.05, 0.1) is 11.5 Å². The van der Waals surface area contributed by atoms with Crippen LogP contribution in [-0.2, 0) is 22.3 Å². The molecule has 1 saturated heterocycles. The van der Waals surface area contributed by atoms with Crippen LogP contribution < -0.4 is 5.32 Å². The lowest BCUT2D eigenvalue weighted by Crippen LogP contribution is -2.36. The zero-order valence-electron chi connectivity index (χ0n) is 16.9. The van der Waals surface area contributed by atoms with E-state index in [9.17, 15) is 22.8 Å². The van der Waals surface area contributed by atoms with E-state index in [1.54, 1.807) is 24.8 Å². The Morgan fingerprint density at radius 1 is 1.07 bits per heavy atom. The second-order valence-corrected chi connectivity index (χ2v) is 7.94. The average Bonchev–Trinajstić information content (AvgIpc) is 3.17. The predicted octanol–water partition coefficient (Wildman–Crippen LogP) is 4.22. The van der Waals surface area contributed by atoms with Gasteiger partial charge in [0, 0.05) is 31.5 Å². The lowest BCUT2D eigenvalue weighted by atomic mass is 9.87. The van der Waals surface area contributed by atoms with Crippen LogP contribution in [0.25, 0.3) is 0 Å². The molecule has 0 radical (unpaired) electrons. The Morgan fingerprint density at radius 3 is 2.40 bits per heavy atom. The molecule has 2 atom stereocenters. The van der Waals surface area contributed by atoms with E-state index in [2.05, 4.69) is 5.32 Å². The Kier molecular flexibility index (Phi) is 6.48. The van der Waals surface area contributed by atoms with Crippen molar-refractivity contribution in [3.8, 4) is 0 Å². The van der Waals surface area contributed by atoms with Gasteiger partial charge in [0.25, 0.3) is 0 Å². The first-order valence-corrected chi connectivity index (χ1v) is 9.94. The molecule has 0 bridgehead atoms. The highest BCUT2D eigenvalue weighted by Crippen LogP contribution is 2.37. The molecule has 1 N–H and O–H groups in total. The molecular formula is C23H25F3N2O2. The van der Waals surface area contributed by atoms with Crippen molar-refractivity contribution in [3.63, 3.8) is 0 Å². The summed E-state index contributed by atoms with van der Waals surface area (Å²) in [6.07, 6.45) is -4.47. The minimum atomic E-state index is -4.47. The normalized spacial score (nSPS) is 19.2. The molecule has 1 aliphatic rings. The van der Waals surface area contributed by atoms with E-state index in [0.717, 1.165) is 17.7 Å². The first kappa shape index (κ1) is 21.9. The number of carbonyl (C=O) groups excluding carboxylic acids is 2. The van der Waals surface area contributed by atoms with Gasteiger partial charge in [-0.05, 0) is 17.2 Å². The molecule has 2 amide bonds. The van der Waals surface area contributed by atoms with Gasteiger partial charge >= 0.3 is 6.18 Å². The van der Waals surface area contributed by atoms with Crippen molar-refractivity contribution in [1.29, 1.82) is 0 Å². The van der Waals surface area contributed by atoms with Gasteiger partial charge in [0.2, 0.25) is 11.8 Å². The second-order valence-electron chi connectivity index (χ2n) is 7.94. The van der Waals surface area contributed by atoms with E-state index in [1.165, 1.54) is 6.07 Å². The van der Waals surface area contributed by atoms with Gasteiger partial charge in [-0.2, -0.15) is 13.2 Å². The molecule has 1 aliphatic heterocycles. The number of nitrogens with zero attached hydrogens (tertiary/aromatic N) is 1. The van der Waals surface area contributed by atoms with Gasteiger partial charge in [-0.3, -0.25) is 9.59 Å². The summed E-state index contributed by atoms with van der Waals surface area (Å²) in [5, 5.41) is 2.88. The average molecular weight is 418 g/mol. The summed E-state index contributed by atoms with van der Waals surface area (Å²) in [7, 11) is 0. The summed E-state index contributed by atoms with van der Waals surface area (Å²) in [5.41, 5.74) is 0.593. The van der Waals surface area contributed by atoms with E-state index >= 15 is 0 Å². The van der Waals surface area contributed by atoms with E-state index in [0.29, 0.717) is 12.1 Å². The lowest BCUT2D eigenvalue weighted by molar-refractivity contribution is -0.137. The maximum Gasteiger partial charge on any atom is 0.416 e. The number of nitrogens with one attached hydrogen (secondary N) is 1. The van der Waals surface area contributed by atoms with Crippen LogP contribution in [-0.4, -0.2) is 29.8 Å². The van der Waals surface area contributed by atoms with Crippen LogP contribution in [0.15, 0.2) is 54.6 Å². The van der Waals surface area contributed by atoms with E-state index in [4.69, 9.17) is 0 Å². The van der Waals surface area contributed by atoms with Crippen molar-refractivity contribution in [2.24, 2.45) is 11.8 Å². The smallest absolute Gasteiger partial charge is 0.352 e. The van der Waals surface area contributed by atoms with Crippen LogP contribution >= 0.6 is 0 Å². The third-order valence-corrected chi connectivity index (χ3v) is 5.41. The van der Waals surface area contributed by atoms with Gasteiger partial charge in [-0.25, -0.2) is 0 Å². The molecule has 2 aromatic carbocycles. The molecule has 4 nitrogen and oxygen atoms in total. The number of hydrogen-bond acceptors (Lipinski definition) is 2. The predicted molar refractivity (Wildman–Crippen MR) is 107 cm³/mol. The monoisotopic (exact) mass is 418 g/mol. The molecule has 0 spiro atoms. The molecule has 3 rings (SSSR count). The topological polar surface area (TPSA) is 49.4 Å². The summed E-state index contributed by atoms with van der Waals surface area (Å²) < 4.78 is 39.6. The van der Waals surface area contributed by atoms with Crippen molar-refractivity contribution in [3.05, 3.63) is 71.3 Å². The Hall–Kier alpha value is -2.83. The maximum absolute atomic E-state index is 13.2. The molecule has 1 heterocycles. The van der Waals surface area contributed by atoms with Crippen molar-refractivity contribution < 1.29 is 22.8 Å². The number of alkyl halides is 3. The zero-order valence-corrected chi connectivity index (χ0v) is 16.9. The Bertz CT molecular complexity index is 897. The van der Waals surface area contributed by atoms with Crippen LogP contribution in [0.4, 0.5) is 13.2 Å². The number of halogens is 3. The Labute approximate surface area is 174 Å². The maximum atomic E-state index is 13.2. The molecule has 0 aromatic heterocycles. The molecule has 2 aromatic rings. The highest BCUT2D eigenvalue weighted by molar-refractivity contribution is 5.84. The summed E-state index contributed by atoms with van der Waals surface area (Å²) in [6.45, 7) is 4.28. The number of rotatable bonds is 5. The lowest BCUT2D eigenvalue weighted by Gasteiger charge is -2.19. The number of carbonyl (C=O) groups is 2. The summed E-state index contributed by atoms with van der Waals surface area (Å²) in [5.74, 6) is -1.73. The summed E-state index contributed by atoms with van der Waals surface area (Å²) >= 11 is 0. The number of benzene rings is 2. The molecule has 0 aliphatic carbocycles. The largest absolute Gasteiger partial charge is 0.416 e. The van der Waals surface area contributed by atoms with Gasteiger partial charge in [0.1, 0.15) is 0 Å². The van der Waals surface area contributed by atoms with Crippen LogP contribution in [0.5, 0.6) is 0 Å². The second kappa shape index (κ2) is 8.90. The molecule has 0 unspecified atom stereocenters. The standard InChI is InChI=1S/C23H25F3N2O2/c1-15(2)22(30)28-13-19(17-9-6-10-18(11-17)23(24,25)26)20(14-28)21(29)27-12-16-7-4-3-5-8-16/h3-11,15,19-20H,12-14H2,1-2H3,(H,27,29)/t19-,20+/m1/s1. The minimum Gasteiger partial charge on any atom is -0.352 e. The van der Waals surface area contributed by atoms with Crippen LogP contribution in [0, 0.1) is 11.8 Å². The molecule has 160 valence electrons. The third kappa shape index (κ3) is 5.01. The highest BCUT2D eigenvalue weighted by atomic mass is 19.4. The van der Waals surface area contributed by atoms with Gasteiger partial charge in [0.15, 0.2) is 0 Å². The Balaban J connectivity index is 1.84. The summed E-state index contributed by atoms with van der Waals surface area (Å²) in [4.78, 5) is 27.0. The quantitative estimate of drug-likeness (QED) is 0.791. The first-order valence-electron chi connectivity index (χ1n) is 9.94.